The fourth-order valence-electron chi connectivity index (χ4n) is 4.34. The Morgan fingerprint density at radius 1 is 0.886 bits per heavy atom. The van der Waals surface area contributed by atoms with Crippen LogP contribution in [0.1, 0.15) is 0 Å². The van der Waals surface area contributed by atoms with Gasteiger partial charge in [-0.15, -0.1) is 0 Å². The summed E-state index contributed by atoms with van der Waals surface area (Å²) in [6.45, 7) is 3.34. The van der Waals surface area contributed by atoms with Crippen LogP contribution in [0.2, 0.25) is 0 Å². The second kappa shape index (κ2) is 9.17. The van der Waals surface area contributed by atoms with E-state index in [1.54, 1.807) is 12.4 Å². The van der Waals surface area contributed by atoms with Crippen molar-refractivity contribution in [2.24, 2.45) is 15.1 Å². The number of anilines is 2. The molecule has 6 rings (SSSR count). The van der Waals surface area contributed by atoms with Gasteiger partial charge in [0.2, 0.25) is 5.69 Å². The maximum Gasteiger partial charge on any atom is 0.287 e. The highest BCUT2D eigenvalue weighted by Crippen LogP contribution is 2.40. The average molecular weight is 466 g/mol. The van der Waals surface area contributed by atoms with Crippen LogP contribution in [0.15, 0.2) is 106 Å². The topological polar surface area (TPSA) is 70.8 Å². The van der Waals surface area contributed by atoms with E-state index in [1.807, 2.05) is 72.9 Å². The van der Waals surface area contributed by atoms with E-state index in [9.17, 15) is 0 Å². The summed E-state index contributed by atoms with van der Waals surface area (Å²) in [5.74, 6) is 2.65. The molecule has 1 unspecified atom stereocenters. The van der Waals surface area contributed by atoms with Gasteiger partial charge in [0.25, 0.3) is 11.8 Å². The Labute approximate surface area is 203 Å². The molecule has 1 N–H and O–H groups in total. The van der Waals surface area contributed by atoms with Crippen LogP contribution in [-0.2, 0) is 4.74 Å². The van der Waals surface area contributed by atoms with Gasteiger partial charge in [-0.3, -0.25) is 4.99 Å². The zero-order valence-corrected chi connectivity index (χ0v) is 19.1. The van der Waals surface area contributed by atoms with Gasteiger partial charge < -0.3 is 19.7 Å². The third-order valence-corrected chi connectivity index (χ3v) is 6.08. The Morgan fingerprint density at radius 3 is 2.49 bits per heavy atom. The van der Waals surface area contributed by atoms with Crippen molar-refractivity contribution in [1.82, 2.24) is 4.59 Å². The number of para-hydroxylation sites is 3. The van der Waals surface area contributed by atoms with Crippen LogP contribution in [0.5, 0.6) is 11.5 Å². The number of amidine groups is 1. The van der Waals surface area contributed by atoms with Crippen LogP contribution in [0.3, 0.4) is 0 Å². The number of aliphatic imine (C=N–C) groups is 2. The number of nitrogens with zero attached hydrogens (tertiary/aromatic N) is 5. The molecule has 0 bridgehead atoms. The van der Waals surface area contributed by atoms with Crippen molar-refractivity contribution in [1.29, 1.82) is 0 Å². The third kappa shape index (κ3) is 4.21. The summed E-state index contributed by atoms with van der Waals surface area (Å²) in [5.41, 5.74) is 2.94. The van der Waals surface area contributed by atoms with Gasteiger partial charge in [0.05, 0.1) is 19.4 Å². The van der Waals surface area contributed by atoms with E-state index < -0.39 is 0 Å². The van der Waals surface area contributed by atoms with Crippen LogP contribution in [0, 0.1) is 0 Å². The molecule has 0 spiro atoms. The second-order valence-electron chi connectivity index (χ2n) is 8.31. The lowest BCUT2D eigenvalue weighted by molar-refractivity contribution is 0.122. The van der Waals surface area contributed by atoms with Crippen molar-refractivity contribution in [3.63, 3.8) is 0 Å². The average Bonchev–Trinajstić information content (AvgIpc) is 3.29. The summed E-state index contributed by atoms with van der Waals surface area (Å²) in [4.78, 5) is 11.4. The molecule has 0 aromatic heterocycles. The zero-order chi connectivity index (χ0) is 23.5. The second-order valence-corrected chi connectivity index (χ2v) is 8.31. The van der Waals surface area contributed by atoms with Crippen molar-refractivity contribution in [2.45, 2.75) is 0 Å². The van der Waals surface area contributed by atoms with Gasteiger partial charge in [-0.25, -0.2) is 0 Å². The standard InChI is InChI=1S/C27H25N6O2/c1-2-6-23(7-3-1)35-25-9-5-4-8-24(25)33-17-14-28-20-26(33)30-27(31-33)29-21-10-12-22(13-11-21)32-15-18-34-19-16-32/h1-14,17,20H,15-16,18-19H2,(H,29,31)/q+1. The Bertz CT molecular complexity index is 1330. The smallest absolute Gasteiger partial charge is 0.287 e. The van der Waals surface area contributed by atoms with E-state index in [4.69, 9.17) is 19.6 Å². The molecule has 3 heterocycles. The molecule has 3 aromatic carbocycles. The van der Waals surface area contributed by atoms with Crippen LogP contribution < -0.4 is 19.5 Å². The van der Waals surface area contributed by atoms with Gasteiger partial charge >= 0.3 is 0 Å². The maximum absolute atomic E-state index is 6.24. The number of rotatable bonds is 5. The number of hydrogen-bond donors (Lipinski definition) is 1. The van der Waals surface area contributed by atoms with E-state index in [0.29, 0.717) is 17.5 Å². The summed E-state index contributed by atoms with van der Waals surface area (Å²) < 4.78 is 11.7. The molecule has 8 nitrogen and oxygen atoms in total. The first kappa shape index (κ1) is 21.3. The minimum absolute atomic E-state index is 0.0424. The number of morpholine rings is 1. The molecule has 0 amide bonds. The van der Waals surface area contributed by atoms with Crippen molar-refractivity contribution in [3.8, 4) is 11.5 Å². The van der Waals surface area contributed by atoms with Gasteiger partial charge in [0.1, 0.15) is 12.0 Å². The molecule has 174 valence electrons. The van der Waals surface area contributed by atoms with Crippen molar-refractivity contribution < 1.29 is 9.47 Å². The third-order valence-electron chi connectivity index (χ3n) is 6.08. The number of guanidine groups is 1. The highest BCUT2D eigenvalue weighted by molar-refractivity contribution is 6.38. The molecule has 3 aliphatic heterocycles. The normalized spacial score (nSPS) is 20.7. The molecule has 0 aliphatic carbocycles. The Kier molecular flexibility index (Phi) is 5.57. The molecule has 0 saturated carbocycles. The number of quaternary nitrogens is 1. The fraction of sp³-hybridized carbons (Fsp3) is 0.148. The Morgan fingerprint density at radius 2 is 1.66 bits per heavy atom. The van der Waals surface area contributed by atoms with Gasteiger partial charge in [-0.1, -0.05) is 34.9 Å². The Balaban J connectivity index is 1.29. The fourth-order valence-corrected chi connectivity index (χ4v) is 4.34. The number of fused-ring (bicyclic) bond motifs is 1. The number of hydrogen-bond acceptors (Lipinski definition) is 7. The molecule has 0 radical (unpaired) electrons. The van der Waals surface area contributed by atoms with E-state index in [-0.39, 0.29) is 4.59 Å². The first-order valence-corrected chi connectivity index (χ1v) is 11.6. The van der Waals surface area contributed by atoms with E-state index in [1.165, 1.54) is 5.69 Å². The van der Waals surface area contributed by atoms with E-state index in [0.717, 1.165) is 43.4 Å². The maximum atomic E-state index is 6.24. The molecule has 35 heavy (non-hydrogen) atoms. The SMILES string of the molecule is C1=C[N+]2(c3ccccc3Oc3ccccc3)N=C(Nc3ccc(N4CCOCC4)cc3)N=C2C=N1. The summed E-state index contributed by atoms with van der Waals surface area (Å²) in [6, 6.07) is 25.9. The largest absolute Gasteiger partial charge is 0.451 e. The highest BCUT2D eigenvalue weighted by atomic mass is 16.5. The quantitative estimate of drug-likeness (QED) is 0.540. The minimum Gasteiger partial charge on any atom is -0.451 e. The van der Waals surface area contributed by atoms with Crippen molar-refractivity contribution in [2.75, 3.05) is 36.5 Å². The number of benzene rings is 3. The summed E-state index contributed by atoms with van der Waals surface area (Å²) >= 11 is 0. The predicted molar refractivity (Wildman–Crippen MR) is 140 cm³/mol. The minimum atomic E-state index is 0.0424. The number of ether oxygens (including phenoxy) is 2. The molecular formula is C27H25N6O2+. The number of nitrogens with one attached hydrogen (secondary N) is 1. The van der Waals surface area contributed by atoms with E-state index in [2.05, 4.69) is 27.3 Å². The molecule has 8 heteroatoms. The van der Waals surface area contributed by atoms with Crippen LogP contribution >= 0.6 is 0 Å². The molecule has 3 aromatic rings. The van der Waals surface area contributed by atoms with E-state index >= 15 is 0 Å². The summed E-state index contributed by atoms with van der Waals surface area (Å²) in [7, 11) is 0. The zero-order valence-electron chi connectivity index (χ0n) is 19.1. The Hall–Kier alpha value is -4.27. The summed E-state index contributed by atoms with van der Waals surface area (Å²) in [6.07, 6.45) is 5.38. The molecular weight excluding hydrogens is 440 g/mol. The van der Waals surface area contributed by atoms with Gasteiger partial charge in [-0.05, 0) is 47.6 Å². The molecule has 1 atom stereocenters. The lowest BCUT2D eigenvalue weighted by Crippen LogP contribution is -2.44. The first-order chi connectivity index (χ1) is 17.3. The summed E-state index contributed by atoms with van der Waals surface area (Å²) in [5, 5.41) is 8.33. The first-order valence-electron chi connectivity index (χ1n) is 11.6. The van der Waals surface area contributed by atoms with Crippen LogP contribution in [0.25, 0.3) is 0 Å². The molecule has 3 aliphatic rings. The van der Waals surface area contributed by atoms with Crippen LogP contribution in [-0.4, -0.2) is 44.3 Å². The molecule has 1 fully saturated rings. The van der Waals surface area contributed by atoms with Gasteiger partial charge in [0, 0.05) is 30.5 Å². The lowest BCUT2D eigenvalue weighted by atomic mass is 10.2. The van der Waals surface area contributed by atoms with Gasteiger partial charge in [0.15, 0.2) is 11.9 Å². The lowest BCUT2D eigenvalue weighted by Gasteiger charge is -2.28. The highest BCUT2D eigenvalue weighted by Gasteiger charge is 2.45. The van der Waals surface area contributed by atoms with Crippen LogP contribution in [0.4, 0.5) is 17.1 Å². The van der Waals surface area contributed by atoms with Gasteiger partial charge in [-0.2, -0.15) is 4.99 Å². The molecule has 1 saturated heterocycles. The monoisotopic (exact) mass is 465 g/mol. The predicted octanol–water partition coefficient (Wildman–Crippen LogP) is 4.97. The van der Waals surface area contributed by atoms with Crippen molar-refractivity contribution in [3.05, 3.63) is 91.3 Å². The van der Waals surface area contributed by atoms with Crippen molar-refractivity contribution >= 4 is 35.1 Å².